The maximum Gasteiger partial charge on any atom is 0.251 e. The molecule has 0 saturated heterocycles. The van der Waals surface area contributed by atoms with E-state index in [0.29, 0.717) is 29.7 Å². The fourth-order valence-electron chi connectivity index (χ4n) is 2.06. The third-order valence-corrected chi connectivity index (χ3v) is 4.02. The number of hydrogen-bond acceptors (Lipinski definition) is 2. The van der Waals surface area contributed by atoms with Crippen LogP contribution in [0.5, 0.6) is 5.75 Å². The lowest BCUT2D eigenvalue weighted by Gasteiger charge is -2.15. The van der Waals surface area contributed by atoms with E-state index in [0.717, 1.165) is 23.7 Å². The number of benzene rings is 1. The van der Waals surface area contributed by atoms with Gasteiger partial charge >= 0.3 is 0 Å². The fourth-order valence-corrected chi connectivity index (χ4v) is 2.91. The van der Waals surface area contributed by atoms with E-state index in [1.165, 1.54) is 0 Å². The van der Waals surface area contributed by atoms with Crippen molar-refractivity contribution >= 4 is 33.4 Å². The van der Waals surface area contributed by atoms with Crippen molar-refractivity contribution in [2.24, 2.45) is 5.92 Å². The molecule has 112 valence electrons. The first-order chi connectivity index (χ1) is 9.62. The minimum absolute atomic E-state index is 0.0657. The number of carbonyl (C=O) groups is 1. The molecule has 0 aliphatic rings. The molecule has 0 aliphatic heterocycles. The average molecular weight is 363 g/mol. The number of halogens is 2. The van der Waals surface area contributed by atoms with Gasteiger partial charge in [0.15, 0.2) is 0 Å². The zero-order chi connectivity index (χ0) is 15.0. The molecular weight excluding hydrogens is 342 g/mol. The maximum absolute atomic E-state index is 12.1. The van der Waals surface area contributed by atoms with Crippen LogP contribution in [0.2, 0.25) is 0 Å². The van der Waals surface area contributed by atoms with Crippen LogP contribution in [-0.4, -0.2) is 25.4 Å². The van der Waals surface area contributed by atoms with Crippen LogP contribution >= 0.6 is 27.5 Å². The lowest BCUT2D eigenvalue weighted by Crippen LogP contribution is -2.29. The van der Waals surface area contributed by atoms with Crippen molar-refractivity contribution in [2.45, 2.75) is 26.2 Å². The largest absolute Gasteiger partial charge is 0.496 e. The maximum atomic E-state index is 12.1. The van der Waals surface area contributed by atoms with Gasteiger partial charge < -0.3 is 10.1 Å². The summed E-state index contributed by atoms with van der Waals surface area (Å²) in [5, 5.41) is 2.97. The zero-order valence-electron chi connectivity index (χ0n) is 11.9. The minimum Gasteiger partial charge on any atom is -0.496 e. The topological polar surface area (TPSA) is 38.3 Å². The van der Waals surface area contributed by atoms with E-state index < -0.39 is 0 Å². The van der Waals surface area contributed by atoms with Crippen LogP contribution in [-0.2, 0) is 0 Å². The first kappa shape index (κ1) is 17.3. The van der Waals surface area contributed by atoms with E-state index in [-0.39, 0.29) is 5.91 Å². The Morgan fingerprint density at radius 3 is 2.75 bits per heavy atom. The summed E-state index contributed by atoms with van der Waals surface area (Å²) >= 11 is 9.17. The molecule has 0 heterocycles. The second-order valence-electron chi connectivity index (χ2n) is 4.69. The molecule has 0 bridgehead atoms. The molecule has 1 rings (SSSR count). The van der Waals surface area contributed by atoms with E-state index in [1.54, 1.807) is 25.3 Å². The van der Waals surface area contributed by atoms with Gasteiger partial charge in [-0.2, -0.15) is 0 Å². The SMILES string of the molecule is CCCC(CCCl)CNC(=O)c1ccc(OC)c(Br)c1. The number of hydrogen-bond donors (Lipinski definition) is 1. The molecule has 1 aromatic carbocycles. The first-order valence-electron chi connectivity index (χ1n) is 6.80. The van der Waals surface area contributed by atoms with Gasteiger partial charge in [0.25, 0.3) is 5.91 Å². The van der Waals surface area contributed by atoms with E-state index in [4.69, 9.17) is 16.3 Å². The number of carbonyl (C=O) groups excluding carboxylic acids is 1. The normalized spacial score (nSPS) is 12.0. The van der Waals surface area contributed by atoms with Crippen molar-refractivity contribution in [3.05, 3.63) is 28.2 Å². The lowest BCUT2D eigenvalue weighted by molar-refractivity contribution is 0.0946. The minimum atomic E-state index is -0.0657. The van der Waals surface area contributed by atoms with Gasteiger partial charge in [-0.05, 0) is 52.9 Å². The average Bonchev–Trinajstić information content (AvgIpc) is 2.44. The van der Waals surface area contributed by atoms with E-state index in [9.17, 15) is 4.79 Å². The molecule has 1 aromatic rings. The molecule has 0 spiro atoms. The number of alkyl halides is 1. The molecule has 0 aromatic heterocycles. The van der Waals surface area contributed by atoms with Gasteiger partial charge in [0.2, 0.25) is 0 Å². The number of nitrogens with one attached hydrogen (secondary N) is 1. The second-order valence-corrected chi connectivity index (χ2v) is 5.92. The smallest absolute Gasteiger partial charge is 0.251 e. The van der Waals surface area contributed by atoms with Crippen molar-refractivity contribution in [3.8, 4) is 5.75 Å². The highest BCUT2D eigenvalue weighted by Crippen LogP contribution is 2.25. The second kappa shape index (κ2) is 9.24. The predicted molar refractivity (Wildman–Crippen MR) is 86.8 cm³/mol. The van der Waals surface area contributed by atoms with Crippen LogP contribution in [0.4, 0.5) is 0 Å². The van der Waals surface area contributed by atoms with E-state index in [1.807, 2.05) is 0 Å². The molecular formula is C15H21BrClNO2. The van der Waals surface area contributed by atoms with Gasteiger partial charge in [0.05, 0.1) is 11.6 Å². The Kier molecular flexibility index (Phi) is 8.00. The van der Waals surface area contributed by atoms with Crippen molar-refractivity contribution in [1.29, 1.82) is 0 Å². The summed E-state index contributed by atoms with van der Waals surface area (Å²) in [6.45, 7) is 2.81. The van der Waals surface area contributed by atoms with Crippen LogP contribution < -0.4 is 10.1 Å². The highest BCUT2D eigenvalue weighted by atomic mass is 79.9. The summed E-state index contributed by atoms with van der Waals surface area (Å²) in [6, 6.07) is 5.31. The summed E-state index contributed by atoms with van der Waals surface area (Å²) in [6.07, 6.45) is 3.12. The number of ether oxygens (including phenoxy) is 1. The Balaban J connectivity index is 2.59. The Morgan fingerprint density at radius 2 is 2.20 bits per heavy atom. The van der Waals surface area contributed by atoms with Gasteiger partial charge in [-0.15, -0.1) is 11.6 Å². The molecule has 20 heavy (non-hydrogen) atoms. The summed E-state index contributed by atoms with van der Waals surface area (Å²) in [5.41, 5.74) is 0.624. The Morgan fingerprint density at radius 1 is 1.45 bits per heavy atom. The molecule has 5 heteroatoms. The summed E-state index contributed by atoms with van der Waals surface area (Å²) in [7, 11) is 1.60. The Hall–Kier alpha value is -0.740. The van der Waals surface area contributed by atoms with Crippen molar-refractivity contribution in [1.82, 2.24) is 5.32 Å². The van der Waals surface area contributed by atoms with Gasteiger partial charge in [-0.3, -0.25) is 4.79 Å². The molecule has 1 amide bonds. The highest BCUT2D eigenvalue weighted by Gasteiger charge is 2.12. The third kappa shape index (κ3) is 5.33. The quantitative estimate of drug-likeness (QED) is 0.703. The standard InChI is InChI=1S/C15H21BrClNO2/c1-3-4-11(7-8-17)10-18-15(19)12-5-6-14(20-2)13(16)9-12/h5-6,9,11H,3-4,7-8,10H2,1-2H3,(H,18,19). The van der Waals surface area contributed by atoms with Crippen LogP contribution in [0.15, 0.2) is 22.7 Å². The summed E-state index contributed by atoms with van der Waals surface area (Å²) < 4.78 is 5.92. The third-order valence-electron chi connectivity index (χ3n) is 3.18. The van der Waals surface area contributed by atoms with Crippen LogP contribution in [0.3, 0.4) is 0 Å². The molecule has 0 saturated carbocycles. The molecule has 1 atom stereocenters. The van der Waals surface area contributed by atoms with E-state index >= 15 is 0 Å². The van der Waals surface area contributed by atoms with Gasteiger partial charge in [-0.1, -0.05) is 13.3 Å². The van der Waals surface area contributed by atoms with E-state index in [2.05, 4.69) is 28.2 Å². The molecule has 3 nitrogen and oxygen atoms in total. The van der Waals surface area contributed by atoms with Gasteiger partial charge in [0.1, 0.15) is 5.75 Å². The fraction of sp³-hybridized carbons (Fsp3) is 0.533. The van der Waals surface area contributed by atoms with Crippen molar-refractivity contribution < 1.29 is 9.53 Å². The number of methoxy groups -OCH3 is 1. The first-order valence-corrected chi connectivity index (χ1v) is 8.12. The highest BCUT2D eigenvalue weighted by molar-refractivity contribution is 9.10. The molecule has 0 fully saturated rings. The lowest BCUT2D eigenvalue weighted by atomic mass is 10.0. The van der Waals surface area contributed by atoms with Gasteiger partial charge in [-0.25, -0.2) is 0 Å². The Labute approximate surface area is 134 Å². The van der Waals surface area contributed by atoms with Crippen molar-refractivity contribution in [3.63, 3.8) is 0 Å². The van der Waals surface area contributed by atoms with Crippen molar-refractivity contribution in [2.75, 3.05) is 19.5 Å². The molecule has 1 unspecified atom stereocenters. The predicted octanol–water partition coefficient (Wildman–Crippen LogP) is 4.23. The Bertz CT molecular complexity index is 434. The summed E-state index contributed by atoms with van der Waals surface area (Å²) in [4.78, 5) is 12.1. The van der Waals surface area contributed by atoms with Crippen LogP contribution in [0.1, 0.15) is 36.5 Å². The number of rotatable bonds is 8. The monoisotopic (exact) mass is 361 g/mol. The van der Waals surface area contributed by atoms with Gasteiger partial charge in [0, 0.05) is 18.0 Å². The molecule has 0 radical (unpaired) electrons. The summed E-state index contributed by atoms with van der Waals surface area (Å²) in [5.74, 6) is 1.73. The van der Waals surface area contributed by atoms with Crippen LogP contribution in [0.25, 0.3) is 0 Å². The van der Waals surface area contributed by atoms with Crippen LogP contribution in [0, 0.1) is 5.92 Å². The number of amides is 1. The zero-order valence-corrected chi connectivity index (χ0v) is 14.3. The molecule has 0 aliphatic carbocycles. The molecule has 1 N–H and O–H groups in total.